The van der Waals surface area contributed by atoms with E-state index in [-0.39, 0.29) is 16.9 Å². The normalized spacial score (nSPS) is 17.8. The predicted molar refractivity (Wildman–Crippen MR) is 118 cm³/mol. The summed E-state index contributed by atoms with van der Waals surface area (Å²) in [4.78, 5) is 0. The molecule has 32 heavy (non-hydrogen) atoms. The summed E-state index contributed by atoms with van der Waals surface area (Å²) < 4.78 is 44.1. The van der Waals surface area contributed by atoms with Crippen molar-refractivity contribution in [2.75, 3.05) is 19.6 Å². The van der Waals surface area contributed by atoms with E-state index in [1.807, 2.05) is 19.1 Å². The number of fused-ring (bicyclic) bond motifs is 1. The molecular weight excluding hydrogens is 431 g/mol. The fourth-order valence-corrected chi connectivity index (χ4v) is 5.58. The highest BCUT2D eigenvalue weighted by Gasteiger charge is 2.32. The Balaban J connectivity index is 1.46. The molecule has 1 aliphatic heterocycles. The van der Waals surface area contributed by atoms with Gasteiger partial charge in [-0.2, -0.15) is 14.5 Å². The fraction of sp³-hybridized carbons (Fsp3) is 0.273. The highest BCUT2D eigenvalue weighted by molar-refractivity contribution is 7.89. The maximum Gasteiger partial charge on any atom is 0.262 e. The van der Waals surface area contributed by atoms with Crippen LogP contribution in [-0.2, 0) is 17.1 Å². The van der Waals surface area contributed by atoms with Crippen molar-refractivity contribution in [3.63, 3.8) is 0 Å². The van der Waals surface area contributed by atoms with Crippen molar-refractivity contribution in [1.82, 2.24) is 29.2 Å². The number of halogens is 1. The zero-order valence-electron chi connectivity index (χ0n) is 17.7. The first-order valence-corrected chi connectivity index (χ1v) is 11.7. The average molecular weight is 455 g/mol. The molecule has 166 valence electrons. The van der Waals surface area contributed by atoms with E-state index in [2.05, 4.69) is 15.5 Å². The van der Waals surface area contributed by atoms with Crippen LogP contribution < -0.4 is 5.32 Å². The number of sulfonamides is 1. The fourth-order valence-electron chi connectivity index (χ4n) is 4.17. The molecular formula is C22H23FN6O2S. The number of hydrogen-bond acceptors (Lipinski definition) is 5. The van der Waals surface area contributed by atoms with Crippen LogP contribution in [0.15, 0.2) is 59.9 Å². The van der Waals surface area contributed by atoms with E-state index in [0.29, 0.717) is 19.6 Å². The van der Waals surface area contributed by atoms with Crippen LogP contribution in [-0.4, -0.2) is 51.9 Å². The van der Waals surface area contributed by atoms with Gasteiger partial charge in [0.05, 0.1) is 17.4 Å². The number of nitrogens with zero attached hydrogens (tertiary/aromatic N) is 5. The van der Waals surface area contributed by atoms with Crippen molar-refractivity contribution in [3.8, 4) is 5.69 Å². The molecule has 0 spiro atoms. The Morgan fingerprint density at radius 1 is 1.16 bits per heavy atom. The van der Waals surface area contributed by atoms with E-state index in [1.165, 1.54) is 27.2 Å². The predicted octanol–water partition coefficient (Wildman–Crippen LogP) is 2.54. The summed E-state index contributed by atoms with van der Waals surface area (Å²) in [5, 5.41) is 13.0. The van der Waals surface area contributed by atoms with Gasteiger partial charge in [0.2, 0.25) is 0 Å². The van der Waals surface area contributed by atoms with E-state index < -0.39 is 10.0 Å². The lowest BCUT2D eigenvalue weighted by Crippen LogP contribution is -2.48. The second kappa shape index (κ2) is 7.80. The number of benzene rings is 2. The van der Waals surface area contributed by atoms with Crippen molar-refractivity contribution in [1.29, 1.82) is 0 Å². The summed E-state index contributed by atoms with van der Waals surface area (Å²) >= 11 is 0. The molecule has 1 fully saturated rings. The molecule has 1 saturated heterocycles. The summed E-state index contributed by atoms with van der Waals surface area (Å²) in [5.41, 5.74) is 3.73. The van der Waals surface area contributed by atoms with Gasteiger partial charge in [0.25, 0.3) is 10.0 Å². The number of aryl methyl sites for hydroxylation is 2. The first-order valence-electron chi connectivity index (χ1n) is 10.3. The topological polar surface area (TPSA) is 85.1 Å². The van der Waals surface area contributed by atoms with E-state index in [9.17, 15) is 12.8 Å². The van der Waals surface area contributed by atoms with Gasteiger partial charge in [-0.1, -0.05) is 0 Å². The third kappa shape index (κ3) is 3.60. The number of rotatable bonds is 4. The molecule has 0 radical (unpaired) electrons. The van der Waals surface area contributed by atoms with Gasteiger partial charge in [-0.05, 0) is 60.5 Å². The lowest BCUT2D eigenvalue weighted by atomic mass is 9.98. The molecule has 0 unspecified atom stereocenters. The van der Waals surface area contributed by atoms with Gasteiger partial charge in [-0.15, -0.1) is 0 Å². The maximum atomic E-state index is 13.3. The van der Waals surface area contributed by atoms with Gasteiger partial charge in [0.1, 0.15) is 5.82 Å². The minimum Gasteiger partial charge on any atom is -0.307 e. The Morgan fingerprint density at radius 2 is 1.94 bits per heavy atom. The van der Waals surface area contributed by atoms with E-state index >= 15 is 0 Å². The molecule has 1 atom stereocenters. The van der Waals surface area contributed by atoms with Gasteiger partial charge in [0.15, 0.2) is 5.03 Å². The minimum absolute atomic E-state index is 0.0633. The molecule has 0 bridgehead atoms. The molecule has 2 aromatic heterocycles. The first kappa shape index (κ1) is 20.8. The zero-order valence-corrected chi connectivity index (χ0v) is 18.6. The van der Waals surface area contributed by atoms with Crippen molar-refractivity contribution >= 4 is 20.9 Å². The van der Waals surface area contributed by atoms with Crippen LogP contribution in [0.2, 0.25) is 0 Å². The number of piperazine rings is 1. The maximum absolute atomic E-state index is 13.3. The summed E-state index contributed by atoms with van der Waals surface area (Å²) in [6.07, 6.45) is 3.40. The molecule has 0 amide bonds. The second-order valence-electron chi connectivity index (χ2n) is 8.00. The Bertz CT molecular complexity index is 1390. The molecule has 3 heterocycles. The Kier molecular flexibility index (Phi) is 5.07. The van der Waals surface area contributed by atoms with Gasteiger partial charge in [-0.25, -0.2) is 17.5 Å². The van der Waals surface area contributed by atoms with Crippen LogP contribution in [0.25, 0.3) is 16.6 Å². The summed E-state index contributed by atoms with van der Waals surface area (Å²) in [7, 11) is -1.96. The Morgan fingerprint density at radius 3 is 2.66 bits per heavy atom. The second-order valence-corrected chi connectivity index (χ2v) is 9.88. The smallest absolute Gasteiger partial charge is 0.262 e. The number of nitrogens with one attached hydrogen (secondary N) is 1. The summed E-state index contributed by atoms with van der Waals surface area (Å²) in [6.45, 7) is 3.25. The Hall–Kier alpha value is -3.08. The lowest BCUT2D eigenvalue weighted by Gasteiger charge is -2.33. The molecule has 10 heteroatoms. The van der Waals surface area contributed by atoms with Crippen LogP contribution in [0.5, 0.6) is 0 Å². The van der Waals surface area contributed by atoms with Crippen molar-refractivity contribution in [2.45, 2.75) is 18.0 Å². The highest BCUT2D eigenvalue weighted by Crippen LogP contribution is 2.29. The molecule has 1 N–H and O–H groups in total. The van der Waals surface area contributed by atoms with Gasteiger partial charge >= 0.3 is 0 Å². The standard InChI is InChI=1S/C22H23FN6O2S/c1-15-11-21-16(13-25-29(21)18-5-3-17(23)4-6-18)12-19(15)20-14-28(10-8-24-20)32(30,31)22-7-9-27(2)26-22/h3-7,9,11-13,20,24H,8,10,14H2,1-2H3/t20-/m0/s1. The molecule has 4 aromatic rings. The van der Waals surface area contributed by atoms with Crippen LogP contribution in [0, 0.1) is 12.7 Å². The van der Waals surface area contributed by atoms with Gasteiger partial charge in [-0.3, -0.25) is 4.68 Å². The Labute approximate surface area is 185 Å². The first-order chi connectivity index (χ1) is 15.3. The third-order valence-corrected chi connectivity index (χ3v) is 7.59. The van der Waals surface area contributed by atoms with Gasteiger partial charge < -0.3 is 5.32 Å². The van der Waals surface area contributed by atoms with Crippen LogP contribution in [0.4, 0.5) is 4.39 Å². The average Bonchev–Trinajstić information content (AvgIpc) is 3.40. The van der Waals surface area contributed by atoms with Crippen molar-refractivity contribution in [3.05, 3.63) is 71.8 Å². The molecule has 5 rings (SSSR count). The monoisotopic (exact) mass is 454 g/mol. The van der Waals surface area contributed by atoms with Crippen LogP contribution in [0.1, 0.15) is 17.2 Å². The number of hydrogen-bond donors (Lipinski definition) is 1. The molecule has 0 aliphatic carbocycles. The van der Waals surface area contributed by atoms with E-state index in [0.717, 1.165) is 27.7 Å². The SMILES string of the molecule is Cc1cc2c(cnn2-c2ccc(F)cc2)cc1[C@@H]1CN(S(=O)(=O)c2ccn(C)n2)CCN1. The largest absolute Gasteiger partial charge is 0.307 e. The summed E-state index contributed by atoms with van der Waals surface area (Å²) in [5.74, 6) is -0.294. The molecule has 0 saturated carbocycles. The number of aromatic nitrogens is 4. The zero-order chi connectivity index (χ0) is 22.5. The van der Waals surface area contributed by atoms with Crippen molar-refractivity contribution < 1.29 is 12.8 Å². The molecule has 8 nitrogen and oxygen atoms in total. The lowest BCUT2D eigenvalue weighted by molar-refractivity contribution is 0.300. The summed E-state index contributed by atoms with van der Waals surface area (Å²) in [6, 6.07) is 11.6. The molecule has 1 aliphatic rings. The van der Waals surface area contributed by atoms with E-state index in [4.69, 9.17) is 0 Å². The van der Waals surface area contributed by atoms with E-state index in [1.54, 1.807) is 36.3 Å². The third-order valence-electron chi connectivity index (χ3n) is 5.83. The van der Waals surface area contributed by atoms with Crippen LogP contribution in [0.3, 0.4) is 0 Å². The minimum atomic E-state index is -3.66. The van der Waals surface area contributed by atoms with Crippen LogP contribution >= 0.6 is 0 Å². The quantitative estimate of drug-likeness (QED) is 0.512. The molecule has 2 aromatic carbocycles. The van der Waals surface area contributed by atoms with Crippen molar-refractivity contribution in [2.24, 2.45) is 7.05 Å². The highest BCUT2D eigenvalue weighted by atomic mass is 32.2. The van der Waals surface area contributed by atoms with Gasteiger partial charge in [0, 0.05) is 44.3 Å².